The Morgan fingerprint density at radius 1 is 1.50 bits per heavy atom. The van der Waals surface area contributed by atoms with E-state index in [1.165, 1.54) is 0 Å². The second-order valence-electron chi connectivity index (χ2n) is 3.99. The van der Waals surface area contributed by atoms with Crippen LogP contribution in [0.15, 0.2) is 24.3 Å². The van der Waals surface area contributed by atoms with Crippen LogP contribution < -0.4 is 10.2 Å². The van der Waals surface area contributed by atoms with Crippen molar-refractivity contribution in [3.63, 3.8) is 0 Å². The maximum atomic E-state index is 11.6. The molecule has 0 aliphatic rings. The number of carbonyl (C=O) groups is 1. The molecule has 0 fully saturated rings. The van der Waals surface area contributed by atoms with Crippen molar-refractivity contribution >= 4 is 28.9 Å². The lowest BCUT2D eigenvalue weighted by Gasteiger charge is -2.15. The van der Waals surface area contributed by atoms with E-state index in [1.807, 2.05) is 43.3 Å². The van der Waals surface area contributed by atoms with Gasteiger partial charge in [-0.25, -0.2) is 0 Å². The number of hydrogen-bond donors (Lipinski definition) is 1. The van der Waals surface area contributed by atoms with Gasteiger partial charge in [0.25, 0.3) is 0 Å². The quantitative estimate of drug-likeness (QED) is 0.821. The van der Waals surface area contributed by atoms with Gasteiger partial charge in [-0.2, -0.15) is 0 Å². The van der Waals surface area contributed by atoms with Crippen LogP contribution in [0.2, 0.25) is 0 Å². The molecule has 0 saturated carbocycles. The average molecular weight is 241 g/mol. The van der Waals surface area contributed by atoms with Crippen LogP contribution in [-0.4, -0.2) is 25.9 Å². The molecule has 16 heavy (non-hydrogen) atoms. The summed E-state index contributed by atoms with van der Waals surface area (Å²) >= 11 is 5.63. The Kier molecular flexibility index (Phi) is 4.62. The van der Waals surface area contributed by atoms with Crippen LogP contribution in [-0.2, 0) is 4.79 Å². The lowest BCUT2D eigenvalue weighted by molar-refractivity contribution is -0.118. The van der Waals surface area contributed by atoms with Crippen LogP contribution in [0.3, 0.4) is 0 Å². The number of anilines is 2. The number of alkyl halides is 1. The minimum atomic E-state index is -0.176. The van der Waals surface area contributed by atoms with Crippen molar-refractivity contribution in [1.82, 2.24) is 0 Å². The van der Waals surface area contributed by atoms with Gasteiger partial charge >= 0.3 is 0 Å². The molecule has 1 amide bonds. The summed E-state index contributed by atoms with van der Waals surface area (Å²) in [6, 6.07) is 7.70. The largest absolute Gasteiger partial charge is 0.378 e. The predicted molar refractivity (Wildman–Crippen MR) is 69.3 cm³/mol. The molecule has 1 rings (SSSR count). The van der Waals surface area contributed by atoms with Crippen LogP contribution >= 0.6 is 11.6 Å². The fourth-order valence-corrected chi connectivity index (χ4v) is 1.34. The van der Waals surface area contributed by atoms with Crippen LogP contribution in [0, 0.1) is 5.92 Å². The highest BCUT2D eigenvalue weighted by Gasteiger charge is 2.11. The summed E-state index contributed by atoms with van der Waals surface area (Å²) in [5.41, 5.74) is 1.85. The summed E-state index contributed by atoms with van der Waals surface area (Å²) in [4.78, 5) is 13.6. The number of nitrogens with one attached hydrogen (secondary N) is 1. The van der Waals surface area contributed by atoms with Gasteiger partial charge in [0.15, 0.2) is 0 Å². The van der Waals surface area contributed by atoms with Crippen molar-refractivity contribution in [1.29, 1.82) is 0 Å². The second-order valence-corrected chi connectivity index (χ2v) is 4.30. The third-order valence-corrected chi connectivity index (χ3v) is 2.77. The fourth-order valence-electron chi connectivity index (χ4n) is 1.20. The average Bonchev–Trinajstić information content (AvgIpc) is 2.28. The van der Waals surface area contributed by atoms with Crippen LogP contribution in [0.4, 0.5) is 11.4 Å². The lowest BCUT2D eigenvalue weighted by Crippen LogP contribution is -2.21. The summed E-state index contributed by atoms with van der Waals surface area (Å²) in [5.74, 6) is 0.106. The Morgan fingerprint density at radius 2 is 2.19 bits per heavy atom. The molecule has 0 saturated heterocycles. The van der Waals surface area contributed by atoms with E-state index in [-0.39, 0.29) is 11.8 Å². The molecule has 1 aromatic rings. The third-order valence-electron chi connectivity index (χ3n) is 2.31. The van der Waals surface area contributed by atoms with Crippen molar-refractivity contribution in [3.05, 3.63) is 24.3 Å². The number of nitrogens with zero attached hydrogens (tertiary/aromatic N) is 1. The molecule has 1 unspecified atom stereocenters. The highest BCUT2D eigenvalue weighted by Crippen LogP contribution is 2.17. The topological polar surface area (TPSA) is 32.3 Å². The number of halogens is 1. The molecule has 0 aromatic heterocycles. The Balaban J connectivity index is 2.74. The minimum Gasteiger partial charge on any atom is -0.378 e. The normalized spacial score (nSPS) is 12.0. The molecule has 4 heteroatoms. The Bertz CT molecular complexity index is 366. The Hall–Kier alpha value is -1.22. The van der Waals surface area contributed by atoms with Gasteiger partial charge in [0.2, 0.25) is 5.91 Å². The van der Waals surface area contributed by atoms with Gasteiger partial charge in [0.1, 0.15) is 0 Å². The first-order valence-corrected chi connectivity index (χ1v) is 5.72. The van der Waals surface area contributed by atoms with Crippen molar-refractivity contribution in [2.24, 2.45) is 5.92 Å². The van der Waals surface area contributed by atoms with Crippen LogP contribution in [0.1, 0.15) is 6.92 Å². The van der Waals surface area contributed by atoms with Gasteiger partial charge in [0.05, 0.1) is 0 Å². The van der Waals surface area contributed by atoms with E-state index in [1.54, 1.807) is 6.92 Å². The molecule has 0 heterocycles. The van der Waals surface area contributed by atoms with Gasteiger partial charge in [-0.3, -0.25) is 4.79 Å². The summed E-state index contributed by atoms with van der Waals surface area (Å²) in [6.07, 6.45) is 0. The number of hydrogen-bond acceptors (Lipinski definition) is 2. The zero-order chi connectivity index (χ0) is 12.1. The van der Waals surface area contributed by atoms with Gasteiger partial charge in [0, 0.05) is 37.3 Å². The van der Waals surface area contributed by atoms with E-state index >= 15 is 0 Å². The molecule has 0 bridgehead atoms. The third kappa shape index (κ3) is 3.42. The maximum Gasteiger partial charge on any atom is 0.228 e. The number of rotatable bonds is 4. The smallest absolute Gasteiger partial charge is 0.228 e. The van der Waals surface area contributed by atoms with Crippen LogP contribution in [0.5, 0.6) is 0 Å². The molecule has 0 radical (unpaired) electrons. The first-order chi connectivity index (χ1) is 7.54. The Labute approximate surface area is 101 Å². The van der Waals surface area contributed by atoms with Crippen molar-refractivity contribution < 1.29 is 4.79 Å². The molecule has 1 N–H and O–H groups in total. The SMILES string of the molecule is CC(CCl)C(=O)Nc1cccc(N(C)C)c1. The number of benzene rings is 1. The van der Waals surface area contributed by atoms with E-state index in [0.29, 0.717) is 5.88 Å². The molecule has 1 atom stereocenters. The van der Waals surface area contributed by atoms with E-state index in [4.69, 9.17) is 11.6 Å². The molecule has 3 nitrogen and oxygen atoms in total. The molecule has 0 aliphatic heterocycles. The second kappa shape index (κ2) is 5.75. The van der Waals surface area contributed by atoms with Gasteiger partial charge in [-0.05, 0) is 18.2 Å². The van der Waals surface area contributed by atoms with Gasteiger partial charge < -0.3 is 10.2 Å². The lowest BCUT2D eigenvalue weighted by atomic mass is 10.2. The molecule has 0 spiro atoms. The number of amides is 1. The molecule has 88 valence electrons. The molecule has 1 aromatic carbocycles. The zero-order valence-electron chi connectivity index (χ0n) is 9.83. The molecular weight excluding hydrogens is 224 g/mol. The predicted octanol–water partition coefficient (Wildman–Crippen LogP) is 2.57. The number of carbonyl (C=O) groups excluding carboxylic acids is 1. The summed E-state index contributed by atoms with van der Waals surface area (Å²) < 4.78 is 0. The summed E-state index contributed by atoms with van der Waals surface area (Å²) in [6.45, 7) is 1.80. The van der Waals surface area contributed by atoms with E-state index in [9.17, 15) is 4.79 Å². The monoisotopic (exact) mass is 240 g/mol. The molecular formula is C12H17ClN2O. The van der Waals surface area contributed by atoms with E-state index < -0.39 is 0 Å². The van der Waals surface area contributed by atoms with Crippen molar-refractivity contribution in [3.8, 4) is 0 Å². The fraction of sp³-hybridized carbons (Fsp3) is 0.417. The van der Waals surface area contributed by atoms with Gasteiger partial charge in [-0.1, -0.05) is 13.0 Å². The van der Waals surface area contributed by atoms with Crippen molar-refractivity contribution in [2.45, 2.75) is 6.92 Å². The first-order valence-electron chi connectivity index (χ1n) is 5.19. The van der Waals surface area contributed by atoms with E-state index in [0.717, 1.165) is 11.4 Å². The summed E-state index contributed by atoms with van der Waals surface area (Å²) in [7, 11) is 3.92. The van der Waals surface area contributed by atoms with Crippen LogP contribution in [0.25, 0.3) is 0 Å². The standard InChI is InChI=1S/C12H17ClN2O/c1-9(8-13)12(16)14-10-5-4-6-11(7-10)15(2)3/h4-7,9H,8H2,1-3H3,(H,14,16). The molecule has 0 aliphatic carbocycles. The maximum absolute atomic E-state index is 11.6. The highest BCUT2D eigenvalue weighted by molar-refractivity contribution is 6.19. The Morgan fingerprint density at radius 3 is 2.75 bits per heavy atom. The summed E-state index contributed by atoms with van der Waals surface area (Å²) in [5, 5.41) is 2.84. The van der Waals surface area contributed by atoms with Crippen molar-refractivity contribution in [2.75, 3.05) is 30.2 Å². The highest BCUT2D eigenvalue weighted by atomic mass is 35.5. The minimum absolute atomic E-state index is 0.0501. The van der Waals surface area contributed by atoms with Gasteiger partial charge in [-0.15, -0.1) is 11.6 Å². The first kappa shape index (κ1) is 12.8. The van der Waals surface area contributed by atoms with E-state index in [2.05, 4.69) is 5.32 Å². The zero-order valence-corrected chi connectivity index (χ0v) is 10.6.